The van der Waals surface area contributed by atoms with Gasteiger partial charge in [-0.1, -0.05) is 12.1 Å². The van der Waals surface area contributed by atoms with Crippen LogP contribution in [0.2, 0.25) is 0 Å². The van der Waals surface area contributed by atoms with Crippen LogP contribution >= 0.6 is 0 Å². The molecule has 6 nitrogen and oxygen atoms in total. The summed E-state index contributed by atoms with van der Waals surface area (Å²) in [5, 5.41) is 6.17. The first kappa shape index (κ1) is 15.7. The molecular formula is C19H20N4O2. The Kier molecular flexibility index (Phi) is 4.35. The molecule has 25 heavy (non-hydrogen) atoms. The van der Waals surface area contributed by atoms with E-state index in [4.69, 9.17) is 4.74 Å². The maximum Gasteiger partial charge on any atom is 0.251 e. The van der Waals surface area contributed by atoms with Crippen molar-refractivity contribution in [3.05, 3.63) is 66.1 Å². The summed E-state index contributed by atoms with van der Waals surface area (Å²) in [4.78, 5) is 16.7. The fourth-order valence-electron chi connectivity index (χ4n) is 2.77. The highest BCUT2D eigenvalue weighted by molar-refractivity contribution is 5.94. The topological polar surface area (TPSA) is 67.7 Å². The lowest BCUT2D eigenvalue weighted by atomic mass is 10.0. The SMILES string of the molecule is O=C(NCC1CNC1)c1cccc(OCc2cn3ccccc3n2)c1. The maximum atomic E-state index is 12.2. The van der Waals surface area contributed by atoms with Gasteiger partial charge in [0.2, 0.25) is 0 Å². The lowest BCUT2D eigenvalue weighted by Gasteiger charge is -2.27. The molecule has 1 fully saturated rings. The number of fused-ring (bicyclic) bond motifs is 1. The Morgan fingerprint density at radius 2 is 2.20 bits per heavy atom. The molecule has 128 valence electrons. The highest BCUT2D eigenvalue weighted by Crippen LogP contribution is 2.16. The van der Waals surface area contributed by atoms with E-state index in [9.17, 15) is 4.79 Å². The van der Waals surface area contributed by atoms with E-state index < -0.39 is 0 Å². The molecule has 1 aliphatic heterocycles. The average molecular weight is 336 g/mol. The number of imidazole rings is 1. The Labute approximate surface area is 145 Å². The third-order valence-corrected chi connectivity index (χ3v) is 4.31. The van der Waals surface area contributed by atoms with Gasteiger partial charge in [-0.3, -0.25) is 4.79 Å². The first-order chi connectivity index (χ1) is 12.3. The number of carbonyl (C=O) groups is 1. The van der Waals surface area contributed by atoms with Gasteiger partial charge in [-0.05, 0) is 30.3 Å². The molecule has 1 aliphatic rings. The Hall–Kier alpha value is -2.86. The zero-order valence-electron chi connectivity index (χ0n) is 13.8. The quantitative estimate of drug-likeness (QED) is 0.721. The first-order valence-electron chi connectivity index (χ1n) is 8.42. The molecule has 6 heteroatoms. The van der Waals surface area contributed by atoms with Gasteiger partial charge in [-0.2, -0.15) is 0 Å². The largest absolute Gasteiger partial charge is 0.487 e. The lowest BCUT2D eigenvalue weighted by Crippen LogP contribution is -2.48. The number of nitrogens with zero attached hydrogens (tertiary/aromatic N) is 2. The van der Waals surface area contributed by atoms with E-state index in [1.54, 1.807) is 12.1 Å². The number of amides is 1. The molecule has 4 rings (SSSR count). The van der Waals surface area contributed by atoms with Gasteiger partial charge in [0.25, 0.3) is 5.91 Å². The summed E-state index contributed by atoms with van der Waals surface area (Å²) in [7, 11) is 0. The Balaban J connectivity index is 1.37. The summed E-state index contributed by atoms with van der Waals surface area (Å²) in [6.45, 7) is 3.02. The monoisotopic (exact) mass is 336 g/mol. The van der Waals surface area contributed by atoms with Crippen molar-refractivity contribution in [1.29, 1.82) is 0 Å². The van der Waals surface area contributed by atoms with Crippen LogP contribution in [0.1, 0.15) is 16.1 Å². The van der Waals surface area contributed by atoms with Crippen molar-refractivity contribution in [1.82, 2.24) is 20.0 Å². The highest BCUT2D eigenvalue weighted by Gasteiger charge is 2.17. The van der Waals surface area contributed by atoms with Gasteiger partial charge in [0.15, 0.2) is 0 Å². The summed E-state index contributed by atoms with van der Waals surface area (Å²) >= 11 is 0. The number of pyridine rings is 1. The molecule has 0 saturated carbocycles. The van der Waals surface area contributed by atoms with Crippen LogP contribution in [0.5, 0.6) is 5.75 Å². The van der Waals surface area contributed by atoms with Crippen molar-refractivity contribution in [2.24, 2.45) is 5.92 Å². The summed E-state index contributed by atoms with van der Waals surface area (Å²) in [6, 6.07) is 13.1. The zero-order chi connectivity index (χ0) is 17.1. The van der Waals surface area contributed by atoms with Gasteiger partial charge < -0.3 is 19.8 Å². The van der Waals surface area contributed by atoms with Crippen LogP contribution < -0.4 is 15.4 Å². The van der Waals surface area contributed by atoms with Crippen LogP contribution in [-0.4, -0.2) is 34.9 Å². The second-order valence-corrected chi connectivity index (χ2v) is 6.25. The second kappa shape index (κ2) is 6.94. The molecule has 3 aromatic rings. The van der Waals surface area contributed by atoms with Gasteiger partial charge in [0, 0.05) is 43.5 Å². The molecular weight excluding hydrogens is 316 g/mol. The fourth-order valence-corrected chi connectivity index (χ4v) is 2.77. The minimum Gasteiger partial charge on any atom is -0.487 e. The van der Waals surface area contributed by atoms with E-state index in [1.807, 2.05) is 47.1 Å². The Morgan fingerprint density at radius 3 is 3.00 bits per heavy atom. The van der Waals surface area contributed by atoms with Crippen LogP contribution in [0.15, 0.2) is 54.9 Å². The van der Waals surface area contributed by atoms with Gasteiger partial charge >= 0.3 is 0 Å². The Bertz CT molecular complexity index is 853. The molecule has 1 saturated heterocycles. The van der Waals surface area contributed by atoms with E-state index in [-0.39, 0.29) is 5.91 Å². The second-order valence-electron chi connectivity index (χ2n) is 6.25. The molecule has 0 atom stereocenters. The number of nitrogens with one attached hydrogen (secondary N) is 2. The van der Waals surface area contributed by atoms with Crippen LogP contribution in [0.4, 0.5) is 0 Å². The highest BCUT2D eigenvalue weighted by atomic mass is 16.5. The molecule has 2 aromatic heterocycles. The predicted octanol–water partition coefficient (Wildman–Crippen LogP) is 1.86. The summed E-state index contributed by atoms with van der Waals surface area (Å²) in [6.07, 6.45) is 3.90. The molecule has 1 aromatic carbocycles. The third-order valence-electron chi connectivity index (χ3n) is 4.31. The Morgan fingerprint density at radius 1 is 1.28 bits per heavy atom. The number of carbonyl (C=O) groups excluding carboxylic acids is 1. The van der Waals surface area contributed by atoms with Crippen LogP contribution in [0, 0.1) is 5.92 Å². The molecule has 2 N–H and O–H groups in total. The van der Waals surface area contributed by atoms with Gasteiger partial charge in [-0.25, -0.2) is 4.98 Å². The number of hydrogen-bond donors (Lipinski definition) is 2. The average Bonchev–Trinajstić information content (AvgIpc) is 3.02. The van der Waals surface area contributed by atoms with E-state index in [0.717, 1.165) is 24.4 Å². The van der Waals surface area contributed by atoms with E-state index in [2.05, 4.69) is 15.6 Å². The summed E-state index contributed by atoms with van der Waals surface area (Å²) in [5.41, 5.74) is 2.35. The number of benzene rings is 1. The van der Waals surface area contributed by atoms with Crippen molar-refractivity contribution in [3.63, 3.8) is 0 Å². The number of rotatable bonds is 6. The van der Waals surface area contributed by atoms with Crippen molar-refractivity contribution < 1.29 is 9.53 Å². The van der Waals surface area contributed by atoms with Crippen LogP contribution in [0.25, 0.3) is 5.65 Å². The third kappa shape index (κ3) is 3.64. The van der Waals surface area contributed by atoms with Crippen molar-refractivity contribution >= 4 is 11.6 Å². The number of aromatic nitrogens is 2. The van der Waals surface area contributed by atoms with E-state index in [1.165, 1.54) is 0 Å². The zero-order valence-corrected chi connectivity index (χ0v) is 13.8. The number of ether oxygens (including phenoxy) is 1. The first-order valence-corrected chi connectivity index (χ1v) is 8.42. The van der Waals surface area contributed by atoms with Crippen LogP contribution in [-0.2, 0) is 6.61 Å². The molecule has 0 radical (unpaired) electrons. The fraction of sp³-hybridized carbons (Fsp3) is 0.263. The standard InChI is InChI=1S/C19H20N4O2/c24-19(21-11-14-9-20-10-14)15-4-3-5-17(8-15)25-13-16-12-23-7-2-1-6-18(23)22-16/h1-8,12,14,20H,9-11,13H2,(H,21,24). The molecule has 1 amide bonds. The normalized spacial score (nSPS) is 14.2. The van der Waals surface area contributed by atoms with Crippen molar-refractivity contribution in [2.75, 3.05) is 19.6 Å². The smallest absolute Gasteiger partial charge is 0.251 e. The minimum atomic E-state index is -0.0647. The lowest BCUT2D eigenvalue weighted by molar-refractivity contribution is 0.0941. The van der Waals surface area contributed by atoms with E-state index in [0.29, 0.717) is 30.4 Å². The van der Waals surface area contributed by atoms with Gasteiger partial charge in [0.05, 0.1) is 5.69 Å². The minimum absolute atomic E-state index is 0.0647. The molecule has 0 aliphatic carbocycles. The molecule has 3 heterocycles. The molecule has 0 spiro atoms. The van der Waals surface area contributed by atoms with E-state index >= 15 is 0 Å². The van der Waals surface area contributed by atoms with Crippen molar-refractivity contribution in [2.45, 2.75) is 6.61 Å². The summed E-state index contributed by atoms with van der Waals surface area (Å²) in [5.74, 6) is 1.14. The van der Waals surface area contributed by atoms with Gasteiger partial charge in [0.1, 0.15) is 18.0 Å². The maximum absolute atomic E-state index is 12.2. The predicted molar refractivity (Wildman–Crippen MR) is 94.7 cm³/mol. The molecule has 0 unspecified atom stereocenters. The summed E-state index contributed by atoms with van der Waals surface area (Å²) < 4.78 is 7.76. The number of hydrogen-bond acceptors (Lipinski definition) is 4. The van der Waals surface area contributed by atoms with Crippen LogP contribution in [0.3, 0.4) is 0 Å². The van der Waals surface area contributed by atoms with Gasteiger partial charge in [-0.15, -0.1) is 0 Å². The molecule has 0 bridgehead atoms. The van der Waals surface area contributed by atoms with Crippen molar-refractivity contribution in [3.8, 4) is 5.75 Å².